The van der Waals surface area contributed by atoms with Crippen LogP contribution in [0.1, 0.15) is 0 Å². The molecule has 8 aromatic rings. The highest BCUT2D eigenvalue weighted by Gasteiger charge is 2.34. The molecule has 2 aliphatic rings. The van der Waals surface area contributed by atoms with Crippen LogP contribution < -0.4 is 4.90 Å². The van der Waals surface area contributed by atoms with Gasteiger partial charge in [0.15, 0.2) is 11.6 Å². The summed E-state index contributed by atoms with van der Waals surface area (Å²) in [6, 6.07) is 48.7. The number of rotatable bonds is 5. The number of anilines is 2. The summed E-state index contributed by atoms with van der Waals surface area (Å²) in [6.45, 7) is 8.49. The van der Waals surface area contributed by atoms with E-state index in [2.05, 4.69) is 108 Å². The van der Waals surface area contributed by atoms with Gasteiger partial charge in [0, 0.05) is 41.5 Å². The first-order valence-electron chi connectivity index (χ1n) is 17.0. The van der Waals surface area contributed by atoms with Crippen LogP contribution in [0, 0.1) is 0 Å². The summed E-state index contributed by atoms with van der Waals surface area (Å²) in [5.41, 5.74) is 9.61. The number of para-hydroxylation sites is 2. The minimum absolute atomic E-state index is 0.577. The van der Waals surface area contributed by atoms with E-state index < -0.39 is 0 Å². The zero-order chi connectivity index (χ0) is 34.8. The highest BCUT2D eigenvalue weighted by Crippen LogP contribution is 2.59. The van der Waals surface area contributed by atoms with E-state index in [9.17, 15) is 0 Å². The van der Waals surface area contributed by atoms with Crippen LogP contribution in [0.3, 0.4) is 0 Å². The molecule has 7 heteroatoms. The van der Waals surface area contributed by atoms with Crippen LogP contribution in [-0.4, -0.2) is 19.5 Å². The summed E-state index contributed by atoms with van der Waals surface area (Å²) in [6.07, 6.45) is 3.90. The van der Waals surface area contributed by atoms with Gasteiger partial charge in [-0.15, -0.1) is 0 Å². The molecular weight excluding hydrogens is 675 g/mol. The third-order valence-corrected chi connectivity index (χ3v) is 11.6. The molecule has 0 fully saturated rings. The van der Waals surface area contributed by atoms with Crippen molar-refractivity contribution in [1.29, 1.82) is 0 Å². The highest BCUT2D eigenvalue weighted by molar-refractivity contribution is 8.03. The third-order valence-electron chi connectivity index (χ3n) is 9.52. The zero-order valence-corrected chi connectivity index (χ0v) is 29.5. The Balaban J connectivity index is 1.19. The molecule has 0 aliphatic carbocycles. The van der Waals surface area contributed by atoms with Gasteiger partial charge in [0.05, 0.1) is 28.1 Å². The first kappa shape index (κ1) is 30.7. The van der Waals surface area contributed by atoms with Crippen LogP contribution in [0.4, 0.5) is 11.4 Å². The van der Waals surface area contributed by atoms with Crippen molar-refractivity contribution in [3.05, 3.63) is 175 Å². The molecule has 0 amide bonds. The molecule has 10 rings (SSSR count). The van der Waals surface area contributed by atoms with Crippen molar-refractivity contribution < 1.29 is 0 Å². The van der Waals surface area contributed by atoms with Gasteiger partial charge in [0.1, 0.15) is 0 Å². The molecule has 2 aromatic heterocycles. The third kappa shape index (κ3) is 4.93. The molecule has 0 saturated carbocycles. The van der Waals surface area contributed by atoms with E-state index in [-0.39, 0.29) is 0 Å². The van der Waals surface area contributed by atoms with Gasteiger partial charge in [-0.25, -0.2) is 4.98 Å². The highest BCUT2D eigenvalue weighted by atomic mass is 32.2. The molecule has 6 aromatic carbocycles. The molecule has 0 unspecified atom stereocenters. The van der Waals surface area contributed by atoms with Crippen LogP contribution in [0.2, 0.25) is 0 Å². The van der Waals surface area contributed by atoms with E-state index in [0.29, 0.717) is 17.6 Å². The Bertz CT molecular complexity index is 2730. The lowest BCUT2D eigenvalue weighted by Gasteiger charge is -2.39. The SMILES string of the molecule is C=C/C=C1\C(=C)Sc2cc(-c3ccc4c5ccccc5n(-c5nc(-c6ccccc6)nc(-c6ccccc6)n5)c4c3)cc3c2N1c1ccccc1S3. The summed E-state index contributed by atoms with van der Waals surface area (Å²) in [4.78, 5) is 22.2. The number of hydrogen-bond donors (Lipinski definition) is 0. The number of aromatic nitrogens is 4. The fourth-order valence-corrected chi connectivity index (χ4v) is 9.40. The maximum Gasteiger partial charge on any atom is 0.238 e. The molecule has 0 N–H and O–H groups in total. The second kappa shape index (κ2) is 12.3. The lowest BCUT2D eigenvalue weighted by molar-refractivity contribution is 0.953. The van der Waals surface area contributed by atoms with Crippen LogP contribution in [0.5, 0.6) is 0 Å². The number of nitrogens with zero attached hydrogens (tertiary/aromatic N) is 5. The van der Waals surface area contributed by atoms with Crippen molar-refractivity contribution in [3.8, 4) is 39.9 Å². The number of hydrogen-bond acceptors (Lipinski definition) is 6. The normalized spacial score (nSPS) is 14.1. The lowest BCUT2D eigenvalue weighted by Crippen LogP contribution is -2.24. The Labute approximate surface area is 309 Å². The summed E-state index contributed by atoms with van der Waals surface area (Å²) in [5, 5.41) is 2.28. The summed E-state index contributed by atoms with van der Waals surface area (Å²) in [5.74, 6) is 1.83. The molecule has 52 heavy (non-hydrogen) atoms. The minimum Gasteiger partial charge on any atom is -0.306 e. The van der Waals surface area contributed by atoms with Crippen LogP contribution in [0.15, 0.2) is 190 Å². The second-order valence-electron chi connectivity index (χ2n) is 12.6. The molecule has 0 spiro atoms. The maximum absolute atomic E-state index is 5.13. The van der Waals surface area contributed by atoms with E-state index in [0.717, 1.165) is 60.3 Å². The Morgan fingerprint density at radius 1 is 0.538 bits per heavy atom. The number of fused-ring (bicyclic) bond motifs is 5. The zero-order valence-electron chi connectivity index (χ0n) is 27.9. The standard InChI is InChI=1S/C45H29N5S2/c1-3-14-35-28(2)51-40-26-32(27-41-42(40)49(35)37-21-12-13-22-39(37)52-41)31-23-24-34-33-19-10-11-20-36(33)50(38(34)25-31)45-47-43(29-15-6-4-7-16-29)46-44(48-45)30-17-8-5-9-18-30/h3-27H,1-2H2/b35-14+. The van der Waals surface area contributed by atoms with Crippen molar-refractivity contribution in [1.82, 2.24) is 19.5 Å². The van der Waals surface area contributed by atoms with Gasteiger partial charge in [0.25, 0.3) is 0 Å². The van der Waals surface area contributed by atoms with E-state index in [1.54, 1.807) is 11.8 Å². The van der Waals surface area contributed by atoms with Crippen molar-refractivity contribution in [2.75, 3.05) is 4.90 Å². The average Bonchev–Trinajstić information content (AvgIpc) is 3.53. The van der Waals surface area contributed by atoms with Gasteiger partial charge < -0.3 is 4.90 Å². The van der Waals surface area contributed by atoms with Crippen LogP contribution >= 0.6 is 23.5 Å². The molecule has 0 radical (unpaired) electrons. The van der Waals surface area contributed by atoms with Gasteiger partial charge in [-0.3, -0.25) is 4.57 Å². The van der Waals surface area contributed by atoms with E-state index in [1.807, 2.05) is 78.5 Å². The first-order chi connectivity index (χ1) is 25.6. The smallest absolute Gasteiger partial charge is 0.238 e. The van der Waals surface area contributed by atoms with Gasteiger partial charge in [-0.1, -0.05) is 146 Å². The maximum atomic E-state index is 5.13. The Hall–Kier alpha value is -6.15. The van der Waals surface area contributed by atoms with Crippen molar-refractivity contribution in [2.45, 2.75) is 14.7 Å². The van der Waals surface area contributed by atoms with Gasteiger partial charge in [-0.05, 0) is 53.6 Å². The van der Waals surface area contributed by atoms with Gasteiger partial charge >= 0.3 is 0 Å². The van der Waals surface area contributed by atoms with E-state index in [1.165, 1.54) is 20.4 Å². The predicted molar refractivity (Wildman–Crippen MR) is 216 cm³/mol. The first-order valence-corrected chi connectivity index (χ1v) is 18.6. The van der Waals surface area contributed by atoms with Crippen LogP contribution in [0.25, 0.3) is 61.7 Å². The quantitative estimate of drug-likeness (QED) is 0.178. The molecule has 0 saturated heterocycles. The summed E-state index contributed by atoms with van der Waals surface area (Å²) < 4.78 is 2.19. The van der Waals surface area contributed by atoms with E-state index in [4.69, 9.17) is 15.0 Å². The molecular formula is C45H29N5S2. The lowest BCUT2D eigenvalue weighted by atomic mass is 10.0. The van der Waals surface area contributed by atoms with Crippen molar-refractivity contribution in [2.24, 2.45) is 0 Å². The van der Waals surface area contributed by atoms with Crippen molar-refractivity contribution in [3.63, 3.8) is 0 Å². The average molecular weight is 704 g/mol. The largest absolute Gasteiger partial charge is 0.306 e. The summed E-state index contributed by atoms with van der Waals surface area (Å²) >= 11 is 3.54. The molecule has 4 heterocycles. The monoisotopic (exact) mass is 703 g/mol. The Morgan fingerprint density at radius 2 is 1.17 bits per heavy atom. The van der Waals surface area contributed by atoms with Crippen molar-refractivity contribution >= 4 is 56.7 Å². The fourth-order valence-electron chi connectivity index (χ4n) is 7.19. The number of thioether (sulfide) groups is 1. The second-order valence-corrected chi connectivity index (χ2v) is 14.9. The van der Waals surface area contributed by atoms with Gasteiger partial charge in [-0.2, -0.15) is 9.97 Å². The van der Waals surface area contributed by atoms with Gasteiger partial charge in [0.2, 0.25) is 5.95 Å². The topological polar surface area (TPSA) is 46.8 Å². The molecule has 5 nitrogen and oxygen atoms in total. The Kier molecular flexibility index (Phi) is 7.23. The molecule has 0 atom stereocenters. The van der Waals surface area contributed by atoms with Crippen LogP contribution in [-0.2, 0) is 0 Å². The van der Waals surface area contributed by atoms with E-state index >= 15 is 0 Å². The summed E-state index contributed by atoms with van der Waals surface area (Å²) in [7, 11) is 0. The number of allylic oxidation sites excluding steroid dienone is 2. The molecule has 2 aliphatic heterocycles. The predicted octanol–water partition coefficient (Wildman–Crippen LogP) is 12.3. The number of benzene rings is 6. The molecule has 246 valence electrons. The molecule has 0 bridgehead atoms. The minimum atomic E-state index is 0.577. The fraction of sp³-hybridized carbons (Fsp3) is 0. The Morgan fingerprint density at radius 3 is 1.90 bits per heavy atom.